The Kier molecular flexibility index (Phi) is 73.2. The van der Waals surface area contributed by atoms with Gasteiger partial charge in [0.1, 0.15) is 0 Å². The lowest BCUT2D eigenvalue weighted by Crippen LogP contribution is -2.19. The third kappa shape index (κ3) is 140. The molecule has 0 aromatic carbocycles. The molecule has 278 valence electrons. The van der Waals surface area contributed by atoms with Gasteiger partial charge in [-0.25, -0.2) is 0 Å². The van der Waals surface area contributed by atoms with Gasteiger partial charge < -0.3 is 0 Å². The van der Waals surface area contributed by atoms with E-state index >= 15 is 0 Å². The minimum Gasteiger partial charge on any atom is -0.180 e. The van der Waals surface area contributed by atoms with Gasteiger partial charge >= 0.3 is 0 Å². The molecule has 0 amide bonds. The van der Waals surface area contributed by atoms with Gasteiger partial charge in [0.25, 0.3) is 0 Å². The van der Waals surface area contributed by atoms with Crippen LogP contribution in [0.25, 0.3) is 0 Å². The number of hydrogen-bond donors (Lipinski definition) is 2. The molecule has 0 saturated carbocycles. The van der Waals surface area contributed by atoms with Gasteiger partial charge in [0.15, 0.2) is 0 Å². The fraction of sp³-hybridized carbons (Fsp3) is 1.00. The van der Waals surface area contributed by atoms with Crippen molar-refractivity contribution in [3.05, 3.63) is 0 Å². The summed E-state index contributed by atoms with van der Waals surface area (Å²) in [4.78, 5) is 0. The number of rotatable bonds is 14. The number of thioether (sulfide) groups is 5. The van der Waals surface area contributed by atoms with E-state index in [0.717, 1.165) is 17.6 Å². The van der Waals surface area contributed by atoms with Crippen molar-refractivity contribution in [1.29, 1.82) is 0 Å². The van der Waals surface area contributed by atoms with E-state index in [2.05, 4.69) is 157 Å². The molecule has 7 heteroatoms. The zero-order valence-electron chi connectivity index (χ0n) is 33.9. The summed E-state index contributed by atoms with van der Waals surface area (Å²) in [7, 11) is 0. The highest BCUT2D eigenvalue weighted by Gasteiger charge is 2.20. The predicted octanol–water partition coefficient (Wildman–Crippen LogP) is 15.4. The van der Waals surface area contributed by atoms with Crippen molar-refractivity contribution in [3.8, 4) is 0 Å². The summed E-state index contributed by atoms with van der Waals surface area (Å²) < 4.78 is 0.802. The fourth-order valence-electron chi connectivity index (χ4n) is 2.44. The van der Waals surface area contributed by atoms with E-state index in [1.165, 1.54) is 73.0 Å². The summed E-state index contributed by atoms with van der Waals surface area (Å²) in [5.41, 5.74) is 0. The molecule has 0 fully saturated rings. The molecule has 0 rings (SSSR count). The highest BCUT2D eigenvalue weighted by atomic mass is 32.2. The Morgan fingerprint density at radius 2 is 0.773 bits per heavy atom. The van der Waals surface area contributed by atoms with Crippen LogP contribution in [0.2, 0.25) is 0 Å². The molecule has 0 atom stereocenters. The molecule has 0 aliphatic rings. The lowest BCUT2D eigenvalue weighted by Gasteiger charge is -2.28. The first-order chi connectivity index (χ1) is 20.2. The number of thiol groups is 2. The van der Waals surface area contributed by atoms with Crippen molar-refractivity contribution < 1.29 is 0 Å². The average Bonchev–Trinajstić information content (AvgIpc) is 2.84. The van der Waals surface area contributed by atoms with Crippen LogP contribution in [0.4, 0.5) is 0 Å². The summed E-state index contributed by atoms with van der Waals surface area (Å²) in [6.07, 6.45) is 12.2. The maximum absolute atomic E-state index is 3.97. The molecule has 0 aliphatic carbocycles. The first kappa shape index (κ1) is 61.7. The zero-order valence-corrected chi connectivity index (χ0v) is 39.7. The van der Waals surface area contributed by atoms with Gasteiger partial charge in [0.05, 0.1) is 0 Å². The van der Waals surface area contributed by atoms with Gasteiger partial charge in [-0.1, -0.05) is 131 Å². The molecule has 0 bridgehead atoms. The topological polar surface area (TPSA) is 0 Å². The lowest BCUT2D eigenvalue weighted by atomic mass is 10.2. The van der Waals surface area contributed by atoms with Gasteiger partial charge in [0.2, 0.25) is 0 Å². The molecule has 0 aliphatic heterocycles. The second-order valence-electron chi connectivity index (χ2n) is 13.4. The molecule has 0 radical (unpaired) electrons. The first-order valence-electron chi connectivity index (χ1n) is 17.3. The Hall–Kier alpha value is 2.45. The SMILES string of the molecule is CC(C)(C)SC(C)(C)C.CC(C)CSCC(C)C.CC(C)S.CCCCSCCCC.CCCSCCC.CCS.CSC. The quantitative estimate of drug-likeness (QED) is 0.133. The second-order valence-corrected chi connectivity index (χ2v) is 22.1. The molecule has 0 saturated heterocycles. The van der Waals surface area contributed by atoms with Crippen molar-refractivity contribution in [1.82, 2.24) is 0 Å². The molecule has 0 nitrogen and oxygen atoms in total. The lowest BCUT2D eigenvalue weighted by molar-refractivity contribution is 0.730. The molecular formula is C37H88S7. The smallest absolute Gasteiger partial charge is 0.00803 e. The number of unbranched alkanes of at least 4 members (excludes halogenated alkanes) is 2. The van der Waals surface area contributed by atoms with Crippen LogP contribution < -0.4 is 0 Å². The van der Waals surface area contributed by atoms with Crippen LogP contribution in [0.1, 0.15) is 156 Å². The van der Waals surface area contributed by atoms with Gasteiger partial charge in [-0.3, -0.25) is 0 Å². The summed E-state index contributed by atoms with van der Waals surface area (Å²) in [6.45, 7) is 37.6. The average molecular weight is 758 g/mol. The largest absolute Gasteiger partial charge is 0.180 e. The Morgan fingerprint density at radius 1 is 0.523 bits per heavy atom. The Bertz CT molecular complexity index is 380. The third-order valence-electron chi connectivity index (χ3n) is 3.50. The van der Waals surface area contributed by atoms with Crippen molar-refractivity contribution >= 4 is 84.1 Å². The van der Waals surface area contributed by atoms with E-state index in [1.807, 2.05) is 45.0 Å². The van der Waals surface area contributed by atoms with Crippen molar-refractivity contribution in [2.24, 2.45) is 11.8 Å². The third-order valence-corrected chi connectivity index (χ3v) is 9.07. The van der Waals surface area contributed by atoms with Crippen LogP contribution in [0.5, 0.6) is 0 Å². The molecule has 44 heavy (non-hydrogen) atoms. The fourth-order valence-corrected chi connectivity index (χ4v) is 7.33. The Morgan fingerprint density at radius 3 is 0.932 bits per heavy atom. The summed E-state index contributed by atoms with van der Waals surface area (Å²) in [6, 6.07) is 0. The van der Waals surface area contributed by atoms with E-state index in [1.54, 1.807) is 11.8 Å². The van der Waals surface area contributed by atoms with Gasteiger partial charge in [-0.2, -0.15) is 84.1 Å². The highest BCUT2D eigenvalue weighted by Crippen LogP contribution is 2.35. The Balaban J connectivity index is -0.0000000755. The van der Waals surface area contributed by atoms with Gasteiger partial charge in [-0.05, 0) is 95.6 Å². The van der Waals surface area contributed by atoms with Crippen LogP contribution in [0.3, 0.4) is 0 Å². The normalized spacial score (nSPS) is 10.4. The molecule has 0 aromatic rings. The van der Waals surface area contributed by atoms with Gasteiger partial charge in [-0.15, -0.1) is 0 Å². The van der Waals surface area contributed by atoms with Crippen LogP contribution in [0, 0.1) is 11.8 Å². The highest BCUT2D eigenvalue weighted by molar-refractivity contribution is 8.01. The summed E-state index contributed by atoms with van der Waals surface area (Å²) in [5.74, 6) is 10.7. The monoisotopic (exact) mass is 756 g/mol. The standard InChI is InChI=1S/3C8H18S.C6H14S.C3H8S.2C2H6S/c1-7(2)5-9-6-8(3)4;1-7(2,3)9-8(4,5)6;1-3-5-7-9-8-6-4-2;1-3-5-7-6-4-2;1-3(2)4;1-3-2;1-2-3/h7-8H,5-6H2,1-4H3;1-6H3;3-8H2,1-2H3;3-6H2,1-2H3;3-4H,1-2H3;1-2H3;3H,2H2,1H3. The molecule has 0 aromatic heterocycles. The van der Waals surface area contributed by atoms with Gasteiger partial charge in [0, 0.05) is 9.49 Å². The van der Waals surface area contributed by atoms with Crippen LogP contribution in [0.15, 0.2) is 0 Å². The molecule has 0 spiro atoms. The predicted molar refractivity (Wildman–Crippen MR) is 242 cm³/mol. The number of hydrogen-bond acceptors (Lipinski definition) is 7. The Labute approximate surface area is 317 Å². The van der Waals surface area contributed by atoms with E-state index < -0.39 is 0 Å². The zero-order chi connectivity index (χ0) is 36.5. The van der Waals surface area contributed by atoms with Crippen molar-refractivity contribution in [2.45, 2.75) is 171 Å². The molecule has 0 N–H and O–H groups in total. The van der Waals surface area contributed by atoms with E-state index in [4.69, 9.17) is 0 Å². The first-order valence-corrected chi connectivity index (χ1v) is 24.4. The van der Waals surface area contributed by atoms with Crippen LogP contribution >= 0.6 is 84.1 Å². The van der Waals surface area contributed by atoms with Crippen molar-refractivity contribution in [2.75, 3.05) is 52.8 Å². The maximum Gasteiger partial charge on any atom is 0.00803 e. The summed E-state index contributed by atoms with van der Waals surface area (Å²) >= 11 is 17.7. The minimum absolute atomic E-state index is 0.401. The molecular weight excluding hydrogens is 669 g/mol. The summed E-state index contributed by atoms with van der Waals surface area (Å²) in [5, 5.41) is 0.528. The van der Waals surface area contributed by atoms with Crippen LogP contribution in [-0.2, 0) is 0 Å². The second kappa shape index (κ2) is 52.3. The molecule has 0 unspecified atom stereocenters. The maximum atomic E-state index is 3.97. The minimum atomic E-state index is 0.401. The van der Waals surface area contributed by atoms with E-state index in [0.29, 0.717) is 14.7 Å². The van der Waals surface area contributed by atoms with Crippen molar-refractivity contribution in [3.63, 3.8) is 0 Å². The van der Waals surface area contributed by atoms with Crippen LogP contribution in [-0.4, -0.2) is 67.5 Å². The van der Waals surface area contributed by atoms with E-state index in [9.17, 15) is 0 Å². The van der Waals surface area contributed by atoms with E-state index in [-0.39, 0.29) is 0 Å². The molecule has 0 heterocycles.